The van der Waals surface area contributed by atoms with Gasteiger partial charge in [-0.05, 0) is 48.1 Å². The van der Waals surface area contributed by atoms with Crippen molar-refractivity contribution in [3.63, 3.8) is 0 Å². The quantitative estimate of drug-likeness (QED) is 0.238. The second-order valence-corrected chi connectivity index (χ2v) is 13.0. The molecule has 0 fully saturated rings. The molecule has 12 nitrogen and oxygen atoms in total. The van der Waals surface area contributed by atoms with Crippen molar-refractivity contribution in [2.75, 3.05) is 26.0 Å². The van der Waals surface area contributed by atoms with Crippen molar-refractivity contribution in [2.24, 2.45) is 0 Å². The monoisotopic (exact) mass is 688 g/mol. The van der Waals surface area contributed by atoms with Crippen LogP contribution in [0.3, 0.4) is 0 Å². The van der Waals surface area contributed by atoms with Crippen molar-refractivity contribution in [1.82, 2.24) is 10.2 Å². The summed E-state index contributed by atoms with van der Waals surface area (Å²) in [6.07, 6.45) is -2.15. The van der Waals surface area contributed by atoms with E-state index in [9.17, 15) is 36.0 Å². The normalized spacial score (nSPS) is 18.5. The highest BCUT2D eigenvalue weighted by molar-refractivity contribution is 7.91. The molecule has 1 heterocycles. The predicted molar refractivity (Wildman–Crippen MR) is 163 cm³/mol. The molecule has 1 aliphatic rings. The Hall–Kier alpha value is -4.18. The number of nitrogens with zero attached hydrogens (tertiary/aromatic N) is 1. The molecular weight excluding hydrogens is 649 g/mol. The zero-order valence-corrected chi connectivity index (χ0v) is 27.0. The molecule has 1 amide bonds. The largest absolute Gasteiger partial charge is 0.496 e. The predicted octanol–water partition coefficient (Wildman–Crippen LogP) is 4.06. The molecule has 1 aliphatic heterocycles. The van der Waals surface area contributed by atoms with E-state index in [4.69, 9.17) is 24.9 Å². The standard InChI is InChI=1S/C29H38N2O8S.C2HF3O2/c1-4-6-14-29(5-2)19-40(37,38)24-15-21(12-13-25(32)31(17-26(33)34)18-27(35)36)23(39-3)16-22(24)28(30-29)20-10-8-7-9-11-20;3-2(4,5)1(6)7/h7-11,15-16,28,30H,4-6,12-14,17-19H2,1-3H3,(H,33,34)(H,35,36);(H,6,7)/t28-,29-;/m1./s1. The Balaban J connectivity index is 0.000000984. The molecule has 0 aliphatic carbocycles. The number of hydrogen-bond donors (Lipinski definition) is 4. The summed E-state index contributed by atoms with van der Waals surface area (Å²) >= 11 is 0. The first-order valence-electron chi connectivity index (χ1n) is 14.7. The van der Waals surface area contributed by atoms with Crippen LogP contribution in [0.25, 0.3) is 0 Å². The van der Waals surface area contributed by atoms with Gasteiger partial charge in [0.15, 0.2) is 9.84 Å². The molecule has 0 spiro atoms. The lowest BCUT2D eigenvalue weighted by Gasteiger charge is -2.36. The van der Waals surface area contributed by atoms with E-state index in [0.29, 0.717) is 29.7 Å². The number of aliphatic carboxylic acids is 3. The Kier molecular flexibility index (Phi) is 13.8. The van der Waals surface area contributed by atoms with E-state index in [0.717, 1.165) is 23.3 Å². The van der Waals surface area contributed by atoms with Gasteiger partial charge in [-0.15, -0.1) is 0 Å². The van der Waals surface area contributed by atoms with Gasteiger partial charge in [0.1, 0.15) is 18.8 Å². The van der Waals surface area contributed by atoms with Crippen LogP contribution in [0.1, 0.15) is 68.7 Å². The molecule has 4 N–H and O–H groups in total. The number of benzene rings is 2. The van der Waals surface area contributed by atoms with Gasteiger partial charge in [0.2, 0.25) is 5.91 Å². The summed E-state index contributed by atoms with van der Waals surface area (Å²) < 4.78 is 65.3. The lowest BCUT2D eigenvalue weighted by atomic mass is 9.87. The molecule has 47 heavy (non-hydrogen) atoms. The molecule has 2 aromatic rings. The fourth-order valence-electron chi connectivity index (χ4n) is 5.27. The minimum Gasteiger partial charge on any atom is -0.496 e. The van der Waals surface area contributed by atoms with Crippen LogP contribution in [0.2, 0.25) is 0 Å². The number of carbonyl (C=O) groups excluding carboxylic acids is 1. The number of unbranched alkanes of at least 4 members (excludes halogenated alkanes) is 1. The number of methoxy groups -OCH3 is 1. The fraction of sp³-hybridized carbons (Fsp3) is 0.484. The van der Waals surface area contributed by atoms with Gasteiger partial charge in [-0.3, -0.25) is 19.7 Å². The van der Waals surface area contributed by atoms with E-state index in [-0.39, 0.29) is 23.5 Å². The molecule has 0 unspecified atom stereocenters. The second kappa shape index (κ2) is 16.6. The number of carboxylic acid groups (broad SMARTS) is 3. The maximum absolute atomic E-state index is 14.0. The van der Waals surface area contributed by atoms with Crippen LogP contribution in [0.4, 0.5) is 13.2 Å². The molecule has 2 aromatic carbocycles. The summed E-state index contributed by atoms with van der Waals surface area (Å²) in [7, 11) is -2.31. The molecule has 260 valence electrons. The van der Waals surface area contributed by atoms with Gasteiger partial charge in [-0.2, -0.15) is 13.2 Å². The zero-order valence-electron chi connectivity index (χ0n) is 26.2. The smallest absolute Gasteiger partial charge is 0.490 e. The van der Waals surface area contributed by atoms with Crippen molar-refractivity contribution >= 4 is 33.7 Å². The summed E-state index contributed by atoms with van der Waals surface area (Å²) in [4.78, 5) is 44.8. The van der Waals surface area contributed by atoms with Gasteiger partial charge < -0.3 is 25.0 Å². The number of rotatable bonds is 13. The fourth-order valence-corrected chi connectivity index (χ4v) is 7.44. The average Bonchev–Trinajstić information content (AvgIpc) is 3.09. The van der Waals surface area contributed by atoms with Crippen LogP contribution in [-0.2, 0) is 35.4 Å². The highest BCUT2D eigenvalue weighted by Gasteiger charge is 2.42. The molecular formula is C31H39F3N2O10S. The van der Waals surface area contributed by atoms with Crippen LogP contribution >= 0.6 is 0 Å². The van der Waals surface area contributed by atoms with Gasteiger partial charge in [-0.25, -0.2) is 13.2 Å². The first-order chi connectivity index (χ1) is 21.9. The van der Waals surface area contributed by atoms with Crippen molar-refractivity contribution in [2.45, 2.75) is 75.0 Å². The van der Waals surface area contributed by atoms with Crippen molar-refractivity contribution in [3.05, 3.63) is 59.2 Å². The van der Waals surface area contributed by atoms with Gasteiger partial charge in [0.25, 0.3) is 0 Å². The number of hydrogen-bond acceptors (Lipinski definition) is 8. The van der Waals surface area contributed by atoms with E-state index >= 15 is 0 Å². The molecule has 2 atom stereocenters. The van der Waals surface area contributed by atoms with E-state index in [1.165, 1.54) is 7.11 Å². The lowest BCUT2D eigenvalue weighted by Crippen LogP contribution is -2.50. The Morgan fingerprint density at radius 3 is 2.06 bits per heavy atom. The summed E-state index contributed by atoms with van der Waals surface area (Å²) in [5, 5.41) is 29.0. The first-order valence-corrected chi connectivity index (χ1v) is 16.3. The molecule has 0 saturated carbocycles. The Bertz CT molecular complexity index is 1520. The summed E-state index contributed by atoms with van der Waals surface area (Å²) in [6, 6.07) is 12.5. The summed E-state index contributed by atoms with van der Waals surface area (Å²) in [6.45, 7) is 2.57. The molecule has 0 radical (unpaired) electrons. The zero-order chi connectivity index (χ0) is 35.6. The molecule has 3 rings (SSSR count). The molecule has 0 saturated heterocycles. The van der Waals surface area contributed by atoms with Gasteiger partial charge >= 0.3 is 24.1 Å². The lowest BCUT2D eigenvalue weighted by molar-refractivity contribution is -0.192. The highest BCUT2D eigenvalue weighted by atomic mass is 32.2. The third kappa shape index (κ3) is 10.9. The first kappa shape index (κ1) is 39.0. The number of halogens is 3. The van der Waals surface area contributed by atoms with E-state index in [2.05, 4.69) is 12.2 Å². The van der Waals surface area contributed by atoms with Crippen LogP contribution < -0.4 is 10.1 Å². The minimum absolute atomic E-state index is 0.0404. The second-order valence-electron chi connectivity index (χ2n) is 11.0. The van der Waals surface area contributed by atoms with E-state index in [1.54, 1.807) is 12.1 Å². The van der Waals surface area contributed by atoms with Crippen LogP contribution in [-0.4, -0.2) is 90.1 Å². The number of ether oxygens (including phenoxy) is 1. The molecule has 16 heteroatoms. The molecule has 0 aromatic heterocycles. The average molecular weight is 689 g/mol. The number of amides is 1. The number of aryl methyl sites for hydroxylation is 1. The van der Waals surface area contributed by atoms with Gasteiger partial charge in [-0.1, -0.05) is 57.0 Å². The number of carbonyl (C=O) groups is 4. The number of fused-ring (bicyclic) bond motifs is 1. The number of carboxylic acids is 3. The summed E-state index contributed by atoms with van der Waals surface area (Å²) in [5.41, 5.74) is 1.29. The van der Waals surface area contributed by atoms with Crippen LogP contribution in [0.15, 0.2) is 47.4 Å². The minimum atomic E-state index is -5.08. The summed E-state index contributed by atoms with van der Waals surface area (Å²) in [5.74, 6) is -5.77. The van der Waals surface area contributed by atoms with E-state index < -0.39 is 64.5 Å². The Labute approximate surface area is 270 Å². The van der Waals surface area contributed by atoms with Crippen molar-refractivity contribution in [1.29, 1.82) is 0 Å². The Morgan fingerprint density at radius 2 is 1.60 bits per heavy atom. The SMILES string of the molecule is CCCC[C@]1(CC)CS(=O)(=O)c2cc(CCC(=O)N(CC(=O)O)CC(=O)O)c(OC)cc2[C@@H](c2ccccc2)N1.O=C(O)C(F)(F)F. The number of nitrogens with one attached hydrogen (secondary N) is 1. The third-order valence-corrected chi connectivity index (χ3v) is 9.61. The van der Waals surface area contributed by atoms with Gasteiger partial charge in [0.05, 0.1) is 23.8 Å². The van der Waals surface area contributed by atoms with Crippen molar-refractivity contribution in [3.8, 4) is 5.75 Å². The molecule has 0 bridgehead atoms. The highest BCUT2D eigenvalue weighted by Crippen LogP contribution is 2.41. The van der Waals surface area contributed by atoms with E-state index in [1.807, 2.05) is 37.3 Å². The third-order valence-electron chi connectivity index (χ3n) is 7.65. The number of sulfone groups is 1. The number of alkyl halides is 3. The van der Waals surface area contributed by atoms with Crippen molar-refractivity contribution < 1.29 is 60.8 Å². The maximum Gasteiger partial charge on any atom is 0.490 e. The Morgan fingerprint density at radius 1 is 1.02 bits per heavy atom. The maximum atomic E-state index is 14.0. The van der Waals surface area contributed by atoms with Crippen LogP contribution in [0, 0.1) is 0 Å². The van der Waals surface area contributed by atoms with Gasteiger partial charge in [0, 0.05) is 12.0 Å². The topological polar surface area (TPSA) is 188 Å². The van der Waals surface area contributed by atoms with Crippen LogP contribution in [0.5, 0.6) is 5.75 Å².